The molecule has 0 unspecified atom stereocenters. The van der Waals surface area contributed by atoms with Crippen LogP contribution in [0.3, 0.4) is 0 Å². The molecule has 1 atom stereocenters. The SMILES string of the molecule is Cc1ccc(C(=O)[C@H](C)OC(=O)c2c(C)nn(Cc3ccccc3)c2Cl)cc1. The predicted molar refractivity (Wildman–Crippen MR) is 108 cm³/mol. The minimum atomic E-state index is -0.928. The molecule has 1 heterocycles. The second kappa shape index (κ2) is 8.40. The van der Waals surface area contributed by atoms with Crippen molar-refractivity contribution in [3.63, 3.8) is 0 Å². The highest BCUT2D eigenvalue weighted by atomic mass is 35.5. The number of rotatable bonds is 6. The third-order valence-electron chi connectivity index (χ3n) is 4.43. The number of halogens is 1. The van der Waals surface area contributed by atoms with Crippen LogP contribution in [0.15, 0.2) is 54.6 Å². The van der Waals surface area contributed by atoms with Crippen LogP contribution in [0, 0.1) is 13.8 Å². The minimum Gasteiger partial charge on any atom is -0.451 e. The van der Waals surface area contributed by atoms with Crippen LogP contribution in [-0.4, -0.2) is 27.6 Å². The van der Waals surface area contributed by atoms with E-state index in [0.717, 1.165) is 11.1 Å². The number of ketones is 1. The lowest BCUT2D eigenvalue weighted by Crippen LogP contribution is -2.24. The summed E-state index contributed by atoms with van der Waals surface area (Å²) in [4.78, 5) is 25.1. The highest BCUT2D eigenvalue weighted by Gasteiger charge is 2.26. The summed E-state index contributed by atoms with van der Waals surface area (Å²) in [5, 5.41) is 4.54. The maximum atomic E-state index is 12.6. The van der Waals surface area contributed by atoms with E-state index in [0.29, 0.717) is 17.8 Å². The molecule has 6 heteroatoms. The van der Waals surface area contributed by atoms with E-state index in [1.165, 1.54) is 0 Å². The van der Waals surface area contributed by atoms with E-state index in [1.54, 1.807) is 30.7 Å². The molecule has 0 aliphatic carbocycles. The zero-order valence-corrected chi connectivity index (χ0v) is 16.7. The molecule has 3 rings (SSSR count). The summed E-state index contributed by atoms with van der Waals surface area (Å²) in [6.45, 7) is 5.62. The lowest BCUT2D eigenvalue weighted by atomic mass is 10.1. The van der Waals surface area contributed by atoms with Crippen molar-refractivity contribution in [3.8, 4) is 0 Å². The van der Waals surface area contributed by atoms with Gasteiger partial charge in [-0.15, -0.1) is 0 Å². The molecule has 0 saturated heterocycles. The number of hydrogen-bond donors (Lipinski definition) is 0. The average molecular weight is 397 g/mol. The highest BCUT2D eigenvalue weighted by molar-refractivity contribution is 6.32. The van der Waals surface area contributed by atoms with Crippen LogP contribution >= 0.6 is 11.6 Å². The maximum absolute atomic E-state index is 12.6. The Morgan fingerprint density at radius 3 is 2.36 bits per heavy atom. The second-order valence-electron chi connectivity index (χ2n) is 6.67. The lowest BCUT2D eigenvalue weighted by molar-refractivity contribution is 0.0318. The Balaban J connectivity index is 1.75. The number of aromatic nitrogens is 2. The van der Waals surface area contributed by atoms with Crippen molar-refractivity contribution in [1.29, 1.82) is 0 Å². The molecule has 0 amide bonds. The molecule has 0 aliphatic rings. The molecule has 0 fully saturated rings. The smallest absolute Gasteiger partial charge is 0.343 e. The Hall–Kier alpha value is -2.92. The Labute approximate surface area is 168 Å². The normalized spacial score (nSPS) is 11.9. The van der Waals surface area contributed by atoms with E-state index in [9.17, 15) is 9.59 Å². The van der Waals surface area contributed by atoms with Gasteiger partial charge in [0.05, 0.1) is 12.2 Å². The molecule has 0 aliphatic heterocycles. The predicted octanol–water partition coefficient (Wildman–Crippen LogP) is 4.63. The van der Waals surface area contributed by atoms with Crippen molar-refractivity contribution in [1.82, 2.24) is 9.78 Å². The molecule has 0 N–H and O–H groups in total. The summed E-state index contributed by atoms with van der Waals surface area (Å²) < 4.78 is 6.93. The molecule has 144 valence electrons. The number of esters is 1. The fourth-order valence-corrected chi connectivity index (χ4v) is 3.18. The zero-order valence-electron chi connectivity index (χ0n) is 16.0. The molecule has 2 aromatic carbocycles. The topological polar surface area (TPSA) is 61.2 Å². The minimum absolute atomic E-state index is 0.182. The number of carbonyl (C=O) groups excluding carboxylic acids is 2. The summed E-state index contributed by atoms with van der Waals surface area (Å²) >= 11 is 6.39. The Morgan fingerprint density at radius 1 is 1.07 bits per heavy atom. The fourth-order valence-electron chi connectivity index (χ4n) is 2.87. The van der Waals surface area contributed by atoms with Crippen molar-refractivity contribution in [2.24, 2.45) is 0 Å². The molecule has 5 nitrogen and oxygen atoms in total. The van der Waals surface area contributed by atoms with Crippen LogP contribution in [0.25, 0.3) is 0 Å². The standard InChI is InChI=1S/C22H21ClN2O3/c1-14-9-11-18(12-10-14)20(26)16(3)28-22(27)19-15(2)24-25(21(19)23)13-17-7-5-4-6-8-17/h4-12,16H,13H2,1-3H3/t16-/m0/s1. The first-order valence-corrected chi connectivity index (χ1v) is 9.33. The first kappa shape index (κ1) is 19.8. The van der Waals surface area contributed by atoms with E-state index >= 15 is 0 Å². The van der Waals surface area contributed by atoms with Crippen molar-refractivity contribution < 1.29 is 14.3 Å². The van der Waals surface area contributed by atoms with E-state index in [1.807, 2.05) is 49.4 Å². The van der Waals surface area contributed by atoms with Gasteiger partial charge in [0.25, 0.3) is 0 Å². The quantitative estimate of drug-likeness (QED) is 0.450. The van der Waals surface area contributed by atoms with Gasteiger partial charge in [-0.1, -0.05) is 71.8 Å². The van der Waals surface area contributed by atoms with Crippen LogP contribution in [0.4, 0.5) is 0 Å². The molecule has 0 bridgehead atoms. The maximum Gasteiger partial charge on any atom is 0.343 e. The number of carbonyl (C=O) groups is 2. The summed E-state index contributed by atoms with van der Waals surface area (Å²) in [5.41, 5.74) is 3.19. The van der Waals surface area contributed by atoms with Crippen molar-refractivity contribution >= 4 is 23.4 Å². The molecule has 0 spiro atoms. The fraction of sp³-hybridized carbons (Fsp3) is 0.227. The Bertz CT molecular complexity index is 995. The van der Waals surface area contributed by atoms with E-state index in [-0.39, 0.29) is 16.5 Å². The highest BCUT2D eigenvalue weighted by Crippen LogP contribution is 2.23. The van der Waals surface area contributed by atoms with E-state index in [2.05, 4.69) is 5.10 Å². The molecule has 3 aromatic rings. The number of aryl methyl sites for hydroxylation is 2. The summed E-state index contributed by atoms with van der Waals surface area (Å²) in [7, 11) is 0. The van der Waals surface area contributed by atoms with Crippen molar-refractivity contribution in [2.75, 3.05) is 0 Å². The third-order valence-corrected chi connectivity index (χ3v) is 4.82. The van der Waals surface area contributed by atoms with Crippen LogP contribution in [0.1, 0.15) is 44.5 Å². The van der Waals surface area contributed by atoms with Gasteiger partial charge in [0.15, 0.2) is 6.10 Å². The van der Waals surface area contributed by atoms with Gasteiger partial charge >= 0.3 is 5.97 Å². The van der Waals surface area contributed by atoms with Crippen LogP contribution in [0.2, 0.25) is 5.15 Å². The number of ether oxygens (including phenoxy) is 1. The van der Waals surface area contributed by atoms with Crippen LogP contribution in [0.5, 0.6) is 0 Å². The number of hydrogen-bond acceptors (Lipinski definition) is 4. The van der Waals surface area contributed by atoms with Crippen molar-refractivity contribution in [2.45, 2.75) is 33.4 Å². The molecule has 1 aromatic heterocycles. The largest absolute Gasteiger partial charge is 0.451 e. The second-order valence-corrected chi connectivity index (χ2v) is 7.03. The van der Waals surface area contributed by atoms with Gasteiger partial charge in [0, 0.05) is 5.56 Å². The molecule has 0 saturated carbocycles. The van der Waals surface area contributed by atoms with Crippen molar-refractivity contribution in [3.05, 3.63) is 87.7 Å². The summed E-state index contributed by atoms with van der Waals surface area (Å²) in [5.74, 6) is -0.923. The first-order valence-electron chi connectivity index (χ1n) is 8.95. The molecule has 0 radical (unpaired) electrons. The number of Topliss-reactive ketones (excluding diaryl/α,β-unsaturated/α-hetero) is 1. The third kappa shape index (κ3) is 4.31. The lowest BCUT2D eigenvalue weighted by Gasteiger charge is -2.12. The van der Waals surface area contributed by atoms with Crippen LogP contribution < -0.4 is 0 Å². The van der Waals surface area contributed by atoms with Gasteiger partial charge in [0.2, 0.25) is 5.78 Å². The summed E-state index contributed by atoms with van der Waals surface area (Å²) in [6, 6.07) is 16.8. The van der Waals surface area contributed by atoms with Gasteiger partial charge in [-0.3, -0.25) is 4.79 Å². The monoisotopic (exact) mass is 396 g/mol. The zero-order chi connectivity index (χ0) is 20.3. The Morgan fingerprint density at radius 2 is 1.71 bits per heavy atom. The Kier molecular flexibility index (Phi) is 5.95. The number of benzene rings is 2. The molecule has 28 heavy (non-hydrogen) atoms. The van der Waals surface area contributed by atoms with Crippen LogP contribution in [-0.2, 0) is 11.3 Å². The van der Waals surface area contributed by atoms with E-state index < -0.39 is 12.1 Å². The summed E-state index contributed by atoms with van der Waals surface area (Å²) in [6.07, 6.45) is -0.928. The van der Waals surface area contributed by atoms with Gasteiger partial charge in [-0.25, -0.2) is 9.48 Å². The van der Waals surface area contributed by atoms with Gasteiger partial charge in [-0.05, 0) is 26.3 Å². The van der Waals surface area contributed by atoms with E-state index in [4.69, 9.17) is 16.3 Å². The van der Waals surface area contributed by atoms with Gasteiger partial charge in [-0.2, -0.15) is 5.10 Å². The average Bonchev–Trinajstić information content (AvgIpc) is 2.95. The van der Waals surface area contributed by atoms with Gasteiger partial charge in [0.1, 0.15) is 10.7 Å². The molecular formula is C22H21ClN2O3. The molecular weight excluding hydrogens is 376 g/mol. The number of nitrogens with zero attached hydrogens (tertiary/aromatic N) is 2. The van der Waals surface area contributed by atoms with Gasteiger partial charge < -0.3 is 4.74 Å². The first-order chi connectivity index (χ1) is 13.4.